The Labute approximate surface area is 255 Å². The molecule has 0 spiro atoms. The van der Waals surface area contributed by atoms with Crippen LogP contribution < -0.4 is 8.59 Å². The van der Waals surface area contributed by atoms with Crippen molar-refractivity contribution in [2.45, 2.75) is 78.8 Å². The molecule has 0 N–H and O–H groups in total. The third-order valence-corrected chi connectivity index (χ3v) is 23.5. The molecule has 0 fully saturated rings. The first-order valence-electron chi connectivity index (χ1n) is 15.2. The minimum absolute atomic E-state index is 0.00376. The molecule has 0 radical (unpaired) electrons. The van der Waals surface area contributed by atoms with Gasteiger partial charge in [0.2, 0.25) is 0 Å². The molecule has 6 nitrogen and oxygen atoms in total. The number of hydrogen-bond acceptors (Lipinski definition) is 4. The van der Waals surface area contributed by atoms with E-state index in [-0.39, 0.29) is 5.69 Å². The van der Waals surface area contributed by atoms with Gasteiger partial charge in [0.25, 0.3) is 0 Å². The monoisotopic (exact) mass is 699 g/mol. The van der Waals surface area contributed by atoms with E-state index in [4.69, 9.17) is 4.98 Å². The van der Waals surface area contributed by atoms with Crippen LogP contribution >= 0.6 is 0 Å². The number of benzene rings is 1. The summed E-state index contributed by atoms with van der Waals surface area (Å²) in [5.41, 5.74) is 2.81. The molecule has 4 aromatic rings. The van der Waals surface area contributed by atoms with Crippen LogP contribution in [0.3, 0.4) is 0 Å². The number of amides is 1. The predicted molar refractivity (Wildman–Crippen MR) is 171 cm³/mol. The van der Waals surface area contributed by atoms with E-state index < -0.39 is 30.5 Å². The third kappa shape index (κ3) is 8.25. The van der Waals surface area contributed by atoms with Crippen molar-refractivity contribution in [3.05, 3.63) is 78.9 Å². The van der Waals surface area contributed by atoms with Gasteiger partial charge in [-0.3, -0.25) is 4.98 Å². The molecule has 0 aliphatic heterocycles. The molecule has 0 atom stereocenters. The van der Waals surface area contributed by atoms with Crippen molar-refractivity contribution >= 4 is 45.4 Å². The summed E-state index contributed by atoms with van der Waals surface area (Å²) in [5, 5.41) is 4.23. The standard InChI is InChI=1S/C21H13F3N5O.3C4H9.Sn/c22-21(23,24)20(30)29(26-13-15-8-10-25-11-9-15)17-6-4-16(5-7-17)18-14-28-12-2-1-3-19(28)27-18;3*1-3-4-2;/h1,3-14H;3*1,3-4H2,2H3;/b26-13-;;;;. The van der Waals surface area contributed by atoms with E-state index in [2.05, 4.69) is 53.6 Å². The zero-order valence-corrected chi connectivity index (χ0v) is 28.0. The van der Waals surface area contributed by atoms with E-state index in [1.165, 1.54) is 82.6 Å². The van der Waals surface area contributed by atoms with Crippen LogP contribution in [0.15, 0.2) is 78.4 Å². The number of carbonyl (C=O) groups is 1. The van der Waals surface area contributed by atoms with Crippen LogP contribution in [-0.4, -0.2) is 51.0 Å². The first-order chi connectivity index (χ1) is 20.7. The van der Waals surface area contributed by atoms with Gasteiger partial charge in [-0.05, 0) is 17.7 Å². The molecular formula is C33H40F3N5OSn. The molecule has 3 heterocycles. The van der Waals surface area contributed by atoms with Crippen molar-refractivity contribution in [3.8, 4) is 11.3 Å². The molecule has 43 heavy (non-hydrogen) atoms. The van der Waals surface area contributed by atoms with Gasteiger partial charge >= 0.3 is 209 Å². The summed E-state index contributed by atoms with van der Waals surface area (Å²) < 4.78 is 48.0. The third-order valence-electron chi connectivity index (χ3n) is 7.96. The van der Waals surface area contributed by atoms with Gasteiger partial charge in [0.1, 0.15) is 0 Å². The van der Waals surface area contributed by atoms with E-state index in [0.29, 0.717) is 16.3 Å². The topological polar surface area (TPSA) is 62.9 Å². The fourth-order valence-electron chi connectivity index (χ4n) is 5.50. The van der Waals surface area contributed by atoms with Crippen LogP contribution in [0.1, 0.15) is 64.9 Å². The van der Waals surface area contributed by atoms with Crippen molar-refractivity contribution in [3.63, 3.8) is 0 Å². The molecule has 0 saturated carbocycles. The number of unbranched alkanes of at least 4 members (excludes halogenated alkanes) is 3. The summed E-state index contributed by atoms with van der Waals surface area (Å²) >= 11 is -2.63. The maximum absolute atomic E-state index is 13.4. The van der Waals surface area contributed by atoms with Crippen LogP contribution in [0.4, 0.5) is 18.9 Å². The van der Waals surface area contributed by atoms with Crippen molar-refractivity contribution in [1.82, 2.24) is 14.4 Å². The molecular weight excluding hydrogens is 658 g/mol. The SMILES string of the molecule is CCC[CH2][Sn]([CH2]CCC)([CH2]CCC)[c]1ccc2nc(-c3ccc(N(/N=C\c4ccncc4)C(=O)C(F)(F)F)cc3)cn2c1. The number of alkyl halides is 3. The number of fused-ring (bicyclic) bond motifs is 1. The van der Waals surface area contributed by atoms with Gasteiger partial charge in [-0.15, -0.1) is 0 Å². The Morgan fingerprint density at radius 1 is 0.884 bits per heavy atom. The van der Waals surface area contributed by atoms with Gasteiger partial charge in [-0.2, -0.15) is 13.2 Å². The van der Waals surface area contributed by atoms with Crippen LogP contribution in [0.5, 0.6) is 0 Å². The maximum atomic E-state index is 13.4. The summed E-state index contributed by atoms with van der Waals surface area (Å²) in [5.74, 6) is -2.07. The molecule has 4 rings (SSSR count). The average molecular weight is 698 g/mol. The average Bonchev–Trinajstić information content (AvgIpc) is 3.45. The van der Waals surface area contributed by atoms with Gasteiger partial charge in [0.05, 0.1) is 0 Å². The normalized spacial score (nSPS) is 12.3. The molecule has 0 unspecified atom stereocenters. The number of halogens is 3. The van der Waals surface area contributed by atoms with E-state index in [1.54, 1.807) is 27.8 Å². The number of carbonyl (C=O) groups excluding carboxylic acids is 1. The number of hydrazone groups is 1. The molecule has 0 bridgehead atoms. The van der Waals surface area contributed by atoms with E-state index in [1.807, 2.05) is 6.20 Å². The number of hydrogen-bond donors (Lipinski definition) is 0. The fourth-order valence-corrected chi connectivity index (χ4v) is 21.4. The number of imidazole rings is 1. The van der Waals surface area contributed by atoms with E-state index >= 15 is 0 Å². The van der Waals surface area contributed by atoms with E-state index in [0.717, 1.165) is 11.2 Å². The molecule has 3 aromatic heterocycles. The van der Waals surface area contributed by atoms with Crippen LogP contribution in [0.2, 0.25) is 13.3 Å². The first kappa shape index (κ1) is 32.7. The summed E-state index contributed by atoms with van der Waals surface area (Å²) in [6.45, 7) is 6.83. The second-order valence-electron chi connectivity index (χ2n) is 11.1. The minimum atomic E-state index is -5.08. The van der Waals surface area contributed by atoms with Gasteiger partial charge in [-0.1, -0.05) is 0 Å². The Kier molecular flexibility index (Phi) is 11.4. The number of rotatable bonds is 14. The fraction of sp³-hybridized carbons (Fsp3) is 0.394. The Morgan fingerprint density at radius 3 is 2.05 bits per heavy atom. The molecule has 1 amide bonds. The quantitative estimate of drug-likeness (QED) is 0.0756. The molecule has 0 aliphatic carbocycles. The number of anilines is 1. The molecule has 228 valence electrons. The number of pyridine rings is 2. The molecule has 0 saturated heterocycles. The van der Waals surface area contributed by atoms with Crippen molar-refractivity contribution in [2.24, 2.45) is 5.10 Å². The second kappa shape index (κ2) is 15.0. The van der Waals surface area contributed by atoms with Crippen LogP contribution in [-0.2, 0) is 4.79 Å². The number of aromatic nitrogens is 3. The summed E-state index contributed by atoms with van der Waals surface area (Å²) in [7, 11) is 0. The zero-order valence-electron chi connectivity index (χ0n) is 25.1. The van der Waals surface area contributed by atoms with Crippen molar-refractivity contribution < 1.29 is 18.0 Å². The van der Waals surface area contributed by atoms with Crippen molar-refractivity contribution in [2.75, 3.05) is 5.01 Å². The summed E-state index contributed by atoms with van der Waals surface area (Å²) in [6, 6.07) is 13.9. The molecule has 1 aromatic carbocycles. The van der Waals surface area contributed by atoms with Crippen molar-refractivity contribution in [1.29, 1.82) is 0 Å². The predicted octanol–water partition coefficient (Wildman–Crippen LogP) is 8.38. The van der Waals surface area contributed by atoms with Crippen LogP contribution in [0.25, 0.3) is 16.9 Å². The van der Waals surface area contributed by atoms with E-state index in [9.17, 15) is 18.0 Å². The van der Waals surface area contributed by atoms with Gasteiger partial charge in [0, 0.05) is 12.4 Å². The first-order valence-corrected chi connectivity index (χ1v) is 22.6. The van der Waals surface area contributed by atoms with Gasteiger partial charge in [-0.25, -0.2) is 0 Å². The Morgan fingerprint density at radius 2 is 1.49 bits per heavy atom. The Hall–Kier alpha value is -3.21. The summed E-state index contributed by atoms with van der Waals surface area (Å²) in [6.07, 6.45) is 10.9. The zero-order chi connectivity index (χ0) is 30.9. The Bertz CT molecular complexity index is 1480. The Balaban J connectivity index is 1.65. The second-order valence-corrected chi connectivity index (χ2v) is 24.3. The molecule has 0 aliphatic rings. The molecule has 10 heteroatoms. The van der Waals surface area contributed by atoms with Gasteiger partial charge < -0.3 is 0 Å². The van der Waals surface area contributed by atoms with Gasteiger partial charge in [0.15, 0.2) is 0 Å². The van der Waals surface area contributed by atoms with Crippen LogP contribution in [0, 0.1) is 0 Å². The number of nitrogens with zero attached hydrogens (tertiary/aromatic N) is 5. The summed E-state index contributed by atoms with van der Waals surface area (Å²) in [4.78, 5) is 20.9.